The molecule has 0 atom stereocenters. The van der Waals surface area contributed by atoms with Crippen molar-refractivity contribution in [3.05, 3.63) is 87.3 Å². The molecule has 0 spiro atoms. The lowest BCUT2D eigenvalue weighted by molar-refractivity contribution is 0.305. The van der Waals surface area contributed by atoms with Crippen molar-refractivity contribution in [1.82, 2.24) is 14.6 Å². The molecule has 0 bridgehead atoms. The molecule has 8 heteroatoms. The van der Waals surface area contributed by atoms with Gasteiger partial charge in [-0.25, -0.2) is 4.98 Å². The number of para-hydroxylation sites is 1. The van der Waals surface area contributed by atoms with E-state index in [1.54, 1.807) is 6.07 Å². The highest BCUT2D eigenvalue weighted by molar-refractivity contribution is 7.20. The first-order valence-corrected chi connectivity index (χ1v) is 9.43. The average molecular weight is 399 g/mol. The highest BCUT2D eigenvalue weighted by Crippen LogP contribution is 2.25. The first kappa shape index (κ1) is 17.5. The zero-order valence-corrected chi connectivity index (χ0v) is 15.7. The number of nitrogens with one attached hydrogen (secondary N) is 1. The summed E-state index contributed by atoms with van der Waals surface area (Å²) >= 11 is 7.47. The van der Waals surface area contributed by atoms with Crippen LogP contribution in [0.1, 0.15) is 11.1 Å². The lowest BCUT2D eigenvalue weighted by Gasteiger charge is -2.12. The van der Waals surface area contributed by atoms with Gasteiger partial charge in [-0.15, -0.1) is 5.10 Å². The van der Waals surface area contributed by atoms with Gasteiger partial charge in [-0.2, -0.15) is 4.52 Å². The third-order valence-electron chi connectivity index (χ3n) is 3.94. The van der Waals surface area contributed by atoms with Gasteiger partial charge in [0.1, 0.15) is 12.4 Å². The van der Waals surface area contributed by atoms with E-state index in [2.05, 4.69) is 15.4 Å². The highest BCUT2D eigenvalue weighted by Gasteiger charge is 2.08. The molecule has 0 saturated carbocycles. The van der Waals surface area contributed by atoms with Gasteiger partial charge >= 0.3 is 0 Å². The molecule has 136 valence electrons. The number of aromatic nitrogens is 3. The Hall–Kier alpha value is -2.90. The Kier molecular flexibility index (Phi) is 5.04. The number of nitrogens with zero attached hydrogens (tertiary/aromatic N) is 3. The quantitative estimate of drug-likeness (QED) is 0.531. The Morgan fingerprint density at radius 1 is 1.07 bits per heavy atom. The van der Waals surface area contributed by atoms with Crippen LogP contribution in [0.25, 0.3) is 4.96 Å². The third-order valence-corrected chi connectivity index (χ3v) is 5.13. The minimum Gasteiger partial charge on any atom is -0.487 e. The van der Waals surface area contributed by atoms with Gasteiger partial charge in [0.2, 0.25) is 10.1 Å². The SMILES string of the molecule is O=c1ccnc2sc(NCc3ccccc3COc3ccccc3Cl)nn12. The molecule has 4 aromatic rings. The standard InChI is InChI=1S/C19H15ClN4O2S/c20-15-7-3-4-8-16(15)26-12-14-6-2-1-5-13(14)11-22-18-23-24-17(25)9-10-21-19(24)27-18/h1-10H,11-12H2,(H,22,23). The molecule has 0 fully saturated rings. The van der Waals surface area contributed by atoms with Crippen molar-refractivity contribution in [2.45, 2.75) is 13.2 Å². The molecular formula is C19H15ClN4O2S. The first-order valence-electron chi connectivity index (χ1n) is 8.23. The third kappa shape index (κ3) is 3.94. The van der Waals surface area contributed by atoms with Crippen LogP contribution in [0.3, 0.4) is 0 Å². The second kappa shape index (κ2) is 7.77. The Labute approximate surface area is 164 Å². The predicted octanol–water partition coefficient (Wildman–Crippen LogP) is 4.00. The second-order valence-electron chi connectivity index (χ2n) is 5.73. The summed E-state index contributed by atoms with van der Waals surface area (Å²) in [5.41, 5.74) is 1.92. The molecule has 0 aliphatic heterocycles. The van der Waals surface area contributed by atoms with E-state index in [0.29, 0.717) is 34.0 Å². The van der Waals surface area contributed by atoms with E-state index in [-0.39, 0.29) is 5.56 Å². The zero-order chi connectivity index (χ0) is 18.6. The average Bonchev–Trinajstić information content (AvgIpc) is 3.11. The fraction of sp³-hybridized carbons (Fsp3) is 0.105. The van der Waals surface area contributed by atoms with Gasteiger partial charge in [-0.05, 0) is 23.3 Å². The van der Waals surface area contributed by atoms with Crippen LogP contribution in [0.2, 0.25) is 5.02 Å². The van der Waals surface area contributed by atoms with Crippen molar-refractivity contribution in [1.29, 1.82) is 0 Å². The predicted molar refractivity (Wildman–Crippen MR) is 107 cm³/mol. The summed E-state index contributed by atoms with van der Waals surface area (Å²) in [4.78, 5) is 16.5. The number of hydrogen-bond donors (Lipinski definition) is 1. The second-order valence-corrected chi connectivity index (χ2v) is 7.09. The van der Waals surface area contributed by atoms with E-state index in [1.165, 1.54) is 28.1 Å². The van der Waals surface area contributed by atoms with Crippen molar-refractivity contribution >= 4 is 33.0 Å². The van der Waals surface area contributed by atoms with Gasteiger partial charge < -0.3 is 10.1 Å². The lowest BCUT2D eigenvalue weighted by Crippen LogP contribution is -2.13. The summed E-state index contributed by atoms with van der Waals surface area (Å²) in [5, 5.41) is 8.73. The maximum atomic E-state index is 11.8. The number of benzene rings is 2. The molecule has 0 aliphatic rings. The number of ether oxygens (including phenoxy) is 1. The summed E-state index contributed by atoms with van der Waals surface area (Å²) < 4.78 is 7.14. The van der Waals surface area contributed by atoms with Crippen LogP contribution in [-0.2, 0) is 13.2 Å². The van der Waals surface area contributed by atoms with Crippen LogP contribution in [0.15, 0.2) is 65.6 Å². The number of anilines is 1. The fourth-order valence-electron chi connectivity index (χ4n) is 2.57. The normalized spacial score (nSPS) is 10.9. The molecule has 1 N–H and O–H groups in total. The first-order chi connectivity index (χ1) is 13.2. The molecule has 0 saturated heterocycles. The van der Waals surface area contributed by atoms with Crippen LogP contribution >= 0.6 is 22.9 Å². The highest BCUT2D eigenvalue weighted by atomic mass is 35.5. The number of halogens is 1. The molecule has 2 aromatic carbocycles. The van der Waals surface area contributed by atoms with Crippen molar-refractivity contribution in [2.24, 2.45) is 0 Å². The molecule has 0 unspecified atom stereocenters. The lowest BCUT2D eigenvalue weighted by atomic mass is 10.1. The van der Waals surface area contributed by atoms with Crippen molar-refractivity contribution in [3.63, 3.8) is 0 Å². The number of rotatable bonds is 6. The Balaban J connectivity index is 1.48. The minimum atomic E-state index is -0.196. The Bertz CT molecular complexity index is 1140. The van der Waals surface area contributed by atoms with E-state index in [0.717, 1.165) is 11.1 Å². The minimum absolute atomic E-state index is 0.196. The maximum absolute atomic E-state index is 11.8. The van der Waals surface area contributed by atoms with E-state index in [9.17, 15) is 4.79 Å². The van der Waals surface area contributed by atoms with Crippen molar-refractivity contribution in [2.75, 3.05) is 5.32 Å². The van der Waals surface area contributed by atoms with E-state index >= 15 is 0 Å². The molecular weight excluding hydrogens is 384 g/mol. The van der Waals surface area contributed by atoms with Gasteiger partial charge in [0.25, 0.3) is 5.56 Å². The fourth-order valence-corrected chi connectivity index (χ4v) is 3.53. The Morgan fingerprint density at radius 3 is 2.67 bits per heavy atom. The molecule has 2 aromatic heterocycles. The molecule has 2 heterocycles. The van der Waals surface area contributed by atoms with Crippen LogP contribution in [0.4, 0.5) is 5.13 Å². The monoisotopic (exact) mass is 398 g/mol. The summed E-state index contributed by atoms with van der Waals surface area (Å²) in [6, 6.07) is 16.8. The summed E-state index contributed by atoms with van der Waals surface area (Å²) in [7, 11) is 0. The molecule has 0 amide bonds. The topological polar surface area (TPSA) is 68.5 Å². The van der Waals surface area contributed by atoms with Gasteiger partial charge in [0.05, 0.1) is 5.02 Å². The Morgan fingerprint density at radius 2 is 1.85 bits per heavy atom. The summed E-state index contributed by atoms with van der Waals surface area (Å²) in [5.74, 6) is 0.651. The van der Waals surface area contributed by atoms with Gasteiger partial charge in [0, 0.05) is 18.8 Å². The maximum Gasteiger partial charge on any atom is 0.275 e. The number of hydrogen-bond acceptors (Lipinski definition) is 6. The van der Waals surface area contributed by atoms with Crippen molar-refractivity contribution < 1.29 is 4.74 Å². The molecule has 27 heavy (non-hydrogen) atoms. The molecule has 0 radical (unpaired) electrons. The van der Waals surface area contributed by atoms with Crippen LogP contribution in [0.5, 0.6) is 5.75 Å². The van der Waals surface area contributed by atoms with Crippen molar-refractivity contribution in [3.8, 4) is 5.75 Å². The largest absolute Gasteiger partial charge is 0.487 e. The smallest absolute Gasteiger partial charge is 0.275 e. The van der Waals surface area contributed by atoms with E-state index in [4.69, 9.17) is 16.3 Å². The number of fused-ring (bicyclic) bond motifs is 1. The van der Waals surface area contributed by atoms with E-state index in [1.807, 2.05) is 42.5 Å². The van der Waals surface area contributed by atoms with Gasteiger partial charge in [-0.1, -0.05) is 59.3 Å². The van der Waals surface area contributed by atoms with E-state index < -0.39 is 0 Å². The summed E-state index contributed by atoms with van der Waals surface area (Å²) in [6.07, 6.45) is 1.49. The molecule has 4 rings (SSSR count). The summed E-state index contributed by atoms with van der Waals surface area (Å²) in [6.45, 7) is 0.957. The molecule has 0 aliphatic carbocycles. The van der Waals surface area contributed by atoms with Crippen LogP contribution in [0, 0.1) is 0 Å². The van der Waals surface area contributed by atoms with Crippen LogP contribution < -0.4 is 15.6 Å². The van der Waals surface area contributed by atoms with Crippen LogP contribution in [-0.4, -0.2) is 14.6 Å². The van der Waals surface area contributed by atoms with Gasteiger partial charge in [-0.3, -0.25) is 4.79 Å². The zero-order valence-electron chi connectivity index (χ0n) is 14.1. The van der Waals surface area contributed by atoms with Gasteiger partial charge in [0.15, 0.2) is 0 Å². The molecule has 6 nitrogen and oxygen atoms in total.